The van der Waals surface area contributed by atoms with E-state index in [0.717, 1.165) is 30.0 Å². The normalized spacial score (nSPS) is 17.9. The summed E-state index contributed by atoms with van der Waals surface area (Å²) in [5.41, 5.74) is 9.11. The first-order valence-corrected chi connectivity index (χ1v) is 6.66. The molecule has 1 aromatic carbocycles. The smallest absolute Gasteiger partial charge is 0.0579 e. The molecule has 0 unspecified atom stereocenters. The fourth-order valence-electron chi connectivity index (χ4n) is 2.25. The van der Waals surface area contributed by atoms with E-state index in [4.69, 9.17) is 5.73 Å². The van der Waals surface area contributed by atoms with Crippen LogP contribution in [0.15, 0.2) is 18.2 Å². The van der Waals surface area contributed by atoms with Gasteiger partial charge in [0.25, 0.3) is 0 Å². The molecule has 1 aromatic rings. The van der Waals surface area contributed by atoms with Gasteiger partial charge in [-0.05, 0) is 25.6 Å². The van der Waals surface area contributed by atoms with E-state index in [2.05, 4.69) is 22.2 Å². The van der Waals surface area contributed by atoms with E-state index in [-0.39, 0.29) is 0 Å². The highest BCUT2D eigenvalue weighted by atomic mass is 15.2. The number of aryl methyl sites for hydroxylation is 1. The largest absolute Gasteiger partial charge is 0.397 e. The molecule has 18 heavy (non-hydrogen) atoms. The summed E-state index contributed by atoms with van der Waals surface area (Å²) in [7, 11) is 2.18. The van der Waals surface area contributed by atoms with Gasteiger partial charge < -0.3 is 16.0 Å². The molecule has 4 heteroatoms. The molecule has 0 radical (unpaired) electrons. The number of para-hydroxylation sites is 1. The molecule has 0 atom stereocenters. The van der Waals surface area contributed by atoms with Gasteiger partial charge in [-0.25, -0.2) is 0 Å². The second-order valence-electron chi connectivity index (χ2n) is 5.11. The SMILES string of the molecule is Cc1cccc(NCCN2CCN(C)CC2)c1N. The molecule has 2 rings (SSSR count). The van der Waals surface area contributed by atoms with Crippen LogP contribution in [0.5, 0.6) is 0 Å². The van der Waals surface area contributed by atoms with Crippen LogP contribution < -0.4 is 11.1 Å². The Hall–Kier alpha value is -1.26. The molecule has 0 bridgehead atoms. The van der Waals surface area contributed by atoms with Crippen LogP contribution in [0.3, 0.4) is 0 Å². The lowest BCUT2D eigenvalue weighted by Gasteiger charge is -2.32. The first-order chi connectivity index (χ1) is 8.66. The second kappa shape index (κ2) is 6.07. The Labute approximate surface area is 110 Å². The third-order valence-electron chi connectivity index (χ3n) is 3.66. The van der Waals surface area contributed by atoms with Crippen LogP contribution in [0.1, 0.15) is 5.56 Å². The second-order valence-corrected chi connectivity index (χ2v) is 5.11. The standard InChI is InChI=1S/C14H24N4/c1-12-4-3-5-13(14(12)15)16-6-7-18-10-8-17(2)9-11-18/h3-5,16H,6-11,15H2,1-2H3. The maximum atomic E-state index is 6.04. The van der Waals surface area contributed by atoms with Crippen LogP contribution in [-0.4, -0.2) is 56.1 Å². The Morgan fingerprint density at radius 1 is 1.22 bits per heavy atom. The number of nitrogens with one attached hydrogen (secondary N) is 1. The van der Waals surface area contributed by atoms with E-state index in [1.54, 1.807) is 0 Å². The molecule has 0 aromatic heterocycles. The monoisotopic (exact) mass is 248 g/mol. The third-order valence-corrected chi connectivity index (χ3v) is 3.66. The summed E-state index contributed by atoms with van der Waals surface area (Å²) in [4.78, 5) is 4.88. The van der Waals surface area contributed by atoms with Gasteiger partial charge in [0.1, 0.15) is 0 Å². The number of hydrogen-bond acceptors (Lipinski definition) is 4. The van der Waals surface area contributed by atoms with Crippen LogP contribution >= 0.6 is 0 Å². The molecule has 1 saturated heterocycles. The van der Waals surface area contributed by atoms with Crippen LogP contribution in [0, 0.1) is 6.92 Å². The molecule has 4 nitrogen and oxygen atoms in total. The molecule has 0 spiro atoms. The molecule has 1 heterocycles. The highest BCUT2D eigenvalue weighted by molar-refractivity contribution is 5.69. The van der Waals surface area contributed by atoms with Gasteiger partial charge in [-0.3, -0.25) is 4.90 Å². The Balaban J connectivity index is 1.77. The molecule has 0 aliphatic carbocycles. The van der Waals surface area contributed by atoms with E-state index in [1.165, 1.54) is 26.2 Å². The zero-order valence-electron chi connectivity index (χ0n) is 11.4. The van der Waals surface area contributed by atoms with Crippen LogP contribution in [-0.2, 0) is 0 Å². The van der Waals surface area contributed by atoms with Crippen molar-refractivity contribution in [3.63, 3.8) is 0 Å². The van der Waals surface area contributed by atoms with Gasteiger partial charge in [-0.15, -0.1) is 0 Å². The fraction of sp³-hybridized carbons (Fsp3) is 0.571. The molecule has 1 aliphatic heterocycles. The summed E-state index contributed by atoms with van der Waals surface area (Å²) in [6.07, 6.45) is 0. The summed E-state index contributed by atoms with van der Waals surface area (Å²) in [6.45, 7) is 8.77. The average Bonchev–Trinajstić information content (AvgIpc) is 2.37. The van der Waals surface area contributed by atoms with Crippen LogP contribution in [0.25, 0.3) is 0 Å². The van der Waals surface area contributed by atoms with Crippen molar-refractivity contribution in [2.75, 3.05) is 57.4 Å². The first kappa shape index (κ1) is 13.2. The number of anilines is 2. The van der Waals surface area contributed by atoms with Crippen molar-refractivity contribution in [1.29, 1.82) is 0 Å². The van der Waals surface area contributed by atoms with Crippen LogP contribution in [0.4, 0.5) is 11.4 Å². The maximum absolute atomic E-state index is 6.04. The summed E-state index contributed by atoms with van der Waals surface area (Å²) < 4.78 is 0. The first-order valence-electron chi connectivity index (χ1n) is 6.66. The van der Waals surface area contributed by atoms with Gasteiger partial charge in [0.05, 0.1) is 11.4 Å². The summed E-state index contributed by atoms with van der Waals surface area (Å²) >= 11 is 0. The highest BCUT2D eigenvalue weighted by Crippen LogP contribution is 2.21. The maximum Gasteiger partial charge on any atom is 0.0579 e. The lowest BCUT2D eigenvalue weighted by atomic mass is 10.2. The Morgan fingerprint density at radius 2 is 1.94 bits per heavy atom. The number of rotatable bonds is 4. The minimum Gasteiger partial charge on any atom is -0.397 e. The fourth-order valence-corrected chi connectivity index (χ4v) is 2.25. The summed E-state index contributed by atoms with van der Waals surface area (Å²) in [5.74, 6) is 0. The molecule has 100 valence electrons. The lowest BCUT2D eigenvalue weighted by molar-refractivity contribution is 0.158. The topological polar surface area (TPSA) is 44.5 Å². The molecule has 1 aliphatic rings. The number of nitrogens with two attached hydrogens (primary N) is 1. The van der Waals surface area contributed by atoms with Gasteiger partial charge in [-0.1, -0.05) is 12.1 Å². The van der Waals surface area contributed by atoms with Gasteiger partial charge in [0, 0.05) is 39.3 Å². The quantitative estimate of drug-likeness (QED) is 0.787. The van der Waals surface area contributed by atoms with Crippen molar-refractivity contribution in [1.82, 2.24) is 9.80 Å². The number of hydrogen-bond donors (Lipinski definition) is 2. The highest BCUT2D eigenvalue weighted by Gasteiger charge is 2.12. The number of likely N-dealkylation sites (N-methyl/N-ethyl adjacent to an activating group) is 1. The molecular formula is C14H24N4. The zero-order valence-corrected chi connectivity index (χ0v) is 11.4. The van der Waals surface area contributed by atoms with Gasteiger partial charge >= 0.3 is 0 Å². The van der Waals surface area contributed by atoms with E-state index in [9.17, 15) is 0 Å². The molecule has 0 amide bonds. The summed E-state index contributed by atoms with van der Waals surface area (Å²) in [6, 6.07) is 6.14. The Kier molecular flexibility index (Phi) is 4.44. The minimum absolute atomic E-state index is 0.871. The average molecular weight is 248 g/mol. The number of nitrogen functional groups attached to an aromatic ring is 1. The zero-order chi connectivity index (χ0) is 13.0. The van der Waals surface area contributed by atoms with E-state index in [1.807, 2.05) is 25.1 Å². The van der Waals surface area contributed by atoms with E-state index >= 15 is 0 Å². The number of nitrogens with zero attached hydrogens (tertiary/aromatic N) is 2. The number of benzene rings is 1. The number of piperazine rings is 1. The van der Waals surface area contributed by atoms with Crippen LogP contribution in [0.2, 0.25) is 0 Å². The van der Waals surface area contributed by atoms with E-state index < -0.39 is 0 Å². The molecule has 0 saturated carbocycles. The van der Waals surface area contributed by atoms with Gasteiger partial charge in [-0.2, -0.15) is 0 Å². The predicted octanol–water partition coefficient (Wildman–Crippen LogP) is 1.24. The van der Waals surface area contributed by atoms with Crippen molar-refractivity contribution in [2.24, 2.45) is 0 Å². The Morgan fingerprint density at radius 3 is 2.67 bits per heavy atom. The molecular weight excluding hydrogens is 224 g/mol. The minimum atomic E-state index is 0.871. The third kappa shape index (κ3) is 3.37. The Bertz CT molecular complexity index is 383. The van der Waals surface area contributed by atoms with Crippen molar-refractivity contribution < 1.29 is 0 Å². The van der Waals surface area contributed by atoms with Gasteiger partial charge in [0.2, 0.25) is 0 Å². The lowest BCUT2D eigenvalue weighted by Crippen LogP contribution is -2.45. The van der Waals surface area contributed by atoms with Gasteiger partial charge in [0.15, 0.2) is 0 Å². The predicted molar refractivity (Wildman–Crippen MR) is 78.0 cm³/mol. The van der Waals surface area contributed by atoms with Crippen molar-refractivity contribution in [3.8, 4) is 0 Å². The van der Waals surface area contributed by atoms with Crippen molar-refractivity contribution >= 4 is 11.4 Å². The van der Waals surface area contributed by atoms with E-state index in [0.29, 0.717) is 0 Å². The molecule has 3 N–H and O–H groups in total. The summed E-state index contributed by atoms with van der Waals surface area (Å²) in [5, 5.41) is 3.43. The van der Waals surface area contributed by atoms with Crippen molar-refractivity contribution in [2.45, 2.75) is 6.92 Å². The molecule has 1 fully saturated rings. The van der Waals surface area contributed by atoms with Crippen molar-refractivity contribution in [3.05, 3.63) is 23.8 Å².